The molecule has 0 unspecified atom stereocenters. The number of piperidine rings is 1. The van der Waals surface area contributed by atoms with Gasteiger partial charge in [-0.2, -0.15) is 0 Å². The Morgan fingerprint density at radius 3 is 2.44 bits per heavy atom. The molecule has 2 N–H and O–H groups in total. The molecule has 3 heterocycles. The molecule has 1 aliphatic heterocycles. The zero-order valence-electron chi connectivity index (χ0n) is 27.3. The van der Waals surface area contributed by atoms with Crippen molar-refractivity contribution in [3.8, 4) is 0 Å². The van der Waals surface area contributed by atoms with E-state index in [1.807, 2.05) is 31.2 Å². The summed E-state index contributed by atoms with van der Waals surface area (Å²) in [6.07, 6.45) is 7.68. The van der Waals surface area contributed by atoms with Crippen LogP contribution in [0.5, 0.6) is 0 Å². The number of carbonyl (C=O) groups is 2. The van der Waals surface area contributed by atoms with Crippen molar-refractivity contribution in [2.45, 2.75) is 52.0 Å². The van der Waals surface area contributed by atoms with Gasteiger partial charge in [-0.25, -0.2) is 4.98 Å². The number of aromatic nitrogens is 2. The van der Waals surface area contributed by atoms with Crippen LogP contribution in [0.2, 0.25) is 0 Å². The summed E-state index contributed by atoms with van der Waals surface area (Å²) in [5.41, 5.74) is 5.23. The normalized spacial score (nSPS) is 13.7. The van der Waals surface area contributed by atoms with Crippen molar-refractivity contribution in [3.63, 3.8) is 0 Å². The second kappa shape index (κ2) is 16.7. The molecule has 2 aromatic heterocycles. The molecule has 5 rings (SSSR count). The molecule has 45 heavy (non-hydrogen) atoms. The van der Waals surface area contributed by atoms with Crippen LogP contribution in [0.4, 0.5) is 17.2 Å². The monoisotopic (exact) mass is 612 g/mol. The van der Waals surface area contributed by atoms with Crippen LogP contribution in [-0.4, -0.2) is 72.7 Å². The molecule has 0 bridgehead atoms. The highest BCUT2D eigenvalue weighted by Crippen LogP contribution is 2.31. The molecule has 240 valence electrons. The first-order chi connectivity index (χ1) is 21.8. The quantitative estimate of drug-likeness (QED) is 0.143. The molecule has 2 aromatic carbocycles. The van der Waals surface area contributed by atoms with Crippen molar-refractivity contribution < 1.29 is 14.3 Å². The average molecular weight is 613 g/mol. The molecule has 2 amide bonds. The molecule has 0 saturated carbocycles. The first-order valence-corrected chi connectivity index (χ1v) is 16.0. The van der Waals surface area contributed by atoms with Crippen molar-refractivity contribution >= 4 is 40.4 Å². The van der Waals surface area contributed by atoms with E-state index in [1.165, 1.54) is 29.3 Å². The van der Waals surface area contributed by atoms with Crippen LogP contribution >= 0.6 is 0 Å². The van der Waals surface area contributed by atoms with E-state index in [-0.39, 0.29) is 5.91 Å². The van der Waals surface area contributed by atoms with Crippen LogP contribution in [-0.2, 0) is 16.6 Å². The van der Waals surface area contributed by atoms with Gasteiger partial charge in [0.1, 0.15) is 5.82 Å². The molecule has 0 atom stereocenters. The van der Waals surface area contributed by atoms with Crippen LogP contribution in [0.1, 0.15) is 61.9 Å². The lowest BCUT2D eigenvalue weighted by molar-refractivity contribution is -0.109. The Kier molecular flexibility index (Phi) is 12.5. The Morgan fingerprint density at radius 2 is 1.78 bits per heavy atom. The Labute approximate surface area is 267 Å². The molecule has 9 heteroatoms. The second-order valence-corrected chi connectivity index (χ2v) is 11.7. The molecular weight excluding hydrogens is 564 g/mol. The summed E-state index contributed by atoms with van der Waals surface area (Å²) in [6, 6.07) is 21.3. The van der Waals surface area contributed by atoms with E-state index in [9.17, 15) is 4.79 Å². The van der Waals surface area contributed by atoms with Gasteiger partial charge < -0.3 is 29.7 Å². The van der Waals surface area contributed by atoms with E-state index in [0.717, 1.165) is 37.4 Å². The van der Waals surface area contributed by atoms with E-state index in [4.69, 9.17) is 9.53 Å². The summed E-state index contributed by atoms with van der Waals surface area (Å²) in [5, 5.41) is 6.46. The highest BCUT2D eigenvalue weighted by molar-refractivity contribution is 6.04. The summed E-state index contributed by atoms with van der Waals surface area (Å²) >= 11 is 0. The fourth-order valence-electron chi connectivity index (χ4n) is 5.81. The van der Waals surface area contributed by atoms with Gasteiger partial charge in [0.2, 0.25) is 6.41 Å². The molecular formula is C36H48N6O3. The second-order valence-electron chi connectivity index (χ2n) is 11.7. The maximum atomic E-state index is 13.2. The minimum absolute atomic E-state index is 0.149. The third-order valence-corrected chi connectivity index (χ3v) is 8.37. The SMILES string of the molecule is CCOCCCN(c1ccnc(NC(=O)c2ccc(C3CCN(C(C)C)CC3)cc2)c1)c1ccc2c(ccn2C)c1.CNC=O. The first kappa shape index (κ1) is 33.7. The summed E-state index contributed by atoms with van der Waals surface area (Å²) < 4.78 is 7.74. The molecule has 0 radical (unpaired) electrons. The lowest BCUT2D eigenvalue weighted by Gasteiger charge is -2.34. The molecule has 9 nitrogen and oxygen atoms in total. The zero-order valence-corrected chi connectivity index (χ0v) is 27.3. The summed E-state index contributed by atoms with van der Waals surface area (Å²) in [6.45, 7) is 11.0. The molecule has 1 saturated heterocycles. The highest BCUT2D eigenvalue weighted by Gasteiger charge is 2.22. The Bertz CT molecular complexity index is 1510. The van der Waals surface area contributed by atoms with E-state index in [1.54, 1.807) is 13.2 Å². The molecule has 0 aliphatic carbocycles. The Balaban J connectivity index is 0.00000109. The highest BCUT2D eigenvalue weighted by atomic mass is 16.5. The fraction of sp³-hybridized carbons (Fsp3) is 0.417. The molecule has 4 aromatic rings. The number of pyridine rings is 1. The Hall–Kier alpha value is -4.21. The third kappa shape index (κ3) is 9.15. The van der Waals surface area contributed by atoms with Gasteiger partial charge in [0.15, 0.2) is 0 Å². The van der Waals surface area contributed by atoms with E-state index < -0.39 is 0 Å². The van der Waals surface area contributed by atoms with Crippen LogP contribution in [0.3, 0.4) is 0 Å². The number of nitrogens with one attached hydrogen (secondary N) is 2. The van der Waals surface area contributed by atoms with Crippen LogP contribution in [0.25, 0.3) is 10.9 Å². The van der Waals surface area contributed by atoms with E-state index >= 15 is 0 Å². The van der Waals surface area contributed by atoms with Crippen molar-refractivity contribution in [2.75, 3.05) is 50.1 Å². The number of carbonyl (C=O) groups excluding carboxylic acids is 2. The number of nitrogens with zero attached hydrogens (tertiary/aromatic N) is 4. The van der Waals surface area contributed by atoms with Gasteiger partial charge in [0, 0.05) is 86.2 Å². The van der Waals surface area contributed by atoms with Crippen molar-refractivity contribution in [3.05, 3.63) is 84.2 Å². The first-order valence-electron chi connectivity index (χ1n) is 16.0. The van der Waals surface area contributed by atoms with Crippen molar-refractivity contribution in [1.82, 2.24) is 19.8 Å². The van der Waals surface area contributed by atoms with Gasteiger partial charge in [-0.3, -0.25) is 9.59 Å². The standard InChI is InChI=1S/C34H43N5O2.C2H5NO/c1-5-41-22-6-18-39(30-11-12-32-29(23-30)14-19-37(32)4)31-13-17-35-33(24-31)36-34(40)28-9-7-26(8-10-28)27-15-20-38(21-16-27)25(2)3;1-3-2-4/h7-14,17,19,23-25,27H,5-6,15-16,18,20-22H2,1-4H3,(H,35,36,40);2H,1H3,(H,3,4). The minimum atomic E-state index is -0.149. The van der Waals surface area contributed by atoms with Gasteiger partial charge in [-0.05, 0) is 107 Å². The summed E-state index contributed by atoms with van der Waals surface area (Å²) in [4.78, 5) is 31.5. The zero-order chi connectivity index (χ0) is 32.2. The van der Waals surface area contributed by atoms with Gasteiger partial charge >= 0.3 is 0 Å². The lowest BCUT2D eigenvalue weighted by atomic mass is 9.88. The number of hydrogen-bond donors (Lipinski definition) is 2. The Morgan fingerprint density at radius 1 is 1.07 bits per heavy atom. The molecule has 1 aliphatic rings. The van der Waals surface area contributed by atoms with Crippen molar-refractivity contribution in [1.29, 1.82) is 0 Å². The lowest BCUT2D eigenvalue weighted by Crippen LogP contribution is -2.37. The molecule has 1 fully saturated rings. The number of likely N-dealkylation sites (tertiary alicyclic amines) is 1. The van der Waals surface area contributed by atoms with Crippen molar-refractivity contribution in [2.24, 2.45) is 7.05 Å². The number of ether oxygens (including phenoxy) is 1. The number of aryl methyl sites for hydroxylation is 1. The number of benzene rings is 2. The van der Waals surface area contributed by atoms with Gasteiger partial charge in [-0.15, -0.1) is 0 Å². The summed E-state index contributed by atoms with van der Waals surface area (Å²) in [7, 11) is 3.62. The predicted octanol–water partition coefficient (Wildman–Crippen LogP) is 6.34. The number of fused-ring (bicyclic) bond motifs is 1. The third-order valence-electron chi connectivity index (χ3n) is 8.37. The van der Waals surface area contributed by atoms with Crippen LogP contribution in [0, 0.1) is 0 Å². The maximum Gasteiger partial charge on any atom is 0.256 e. The largest absolute Gasteiger partial charge is 0.382 e. The van der Waals surface area contributed by atoms with Gasteiger partial charge in [0.05, 0.1) is 0 Å². The minimum Gasteiger partial charge on any atom is -0.382 e. The number of anilines is 3. The topological polar surface area (TPSA) is 91.7 Å². The molecule has 0 spiro atoms. The fourth-order valence-corrected chi connectivity index (χ4v) is 5.81. The number of hydrogen-bond acceptors (Lipinski definition) is 6. The van der Waals surface area contributed by atoms with E-state index in [0.29, 0.717) is 43.0 Å². The summed E-state index contributed by atoms with van der Waals surface area (Å²) in [5.74, 6) is 0.946. The predicted molar refractivity (Wildman–Crippen MR) is 183 cm³/mol. The maximum absolute atomic E-state index is 13.2. The van der Waals surface area contributed by atoms with Crippen LogP contribution < -0.4 is 15.5 Å². The smallest absolute Gasteiger partial charge is 0.256 e. The van der Waals surface area contributed by atoms with E-state index in [2.05, 4.69) is 93.5 Å². The van der Waals surface area contributed by atoms with Crippen LogP contribution in [0.15, 0.2) is 73.1 Å². The van der Waals surface area contributed by atoms with Gasteiger partial charge in [0.25, 0.3) is 5.91 Å². The van der Waals surface area contributed by atoms with Gasteiger partial charge in [-0.1, -0.05) is 12.1 Å². The number of amides is 2. The number of rotatable bonds is 12. The average Bonchev–Trinajstić information content (AvgIpc) is 3.44.